The van der Waals surface area contributed by atoms with E-state index in [0.717, 1.165) is 49.2 Å². The summed E-state index contributed by atoms with van der Waals surface area (Å²) in [6, 6.07) is 17.5. The molecule has 1 amide bonds. The molecule has 0 bridgehead atoms. The minimum absolute atomic E-state index is 0.0552. The van der Waals surface area contributed by atoms with E-state index in [9.17, 15) is 4.79 Å². The van der Waals surface area contributed by atoms with Gasteiger partial charge in [-0.1, -0.05) is 35.5 Å². The SMILES string of the molecule is O=C(Nc1ccc(OC2CCCC2)cc1)C1CCCN(Cc2nc(-c3ccccc3)no2)C1. The molecule has 1 saturated heterocycles. The van der Waals surface area contributed by atoms with Crippen molar-refractivity contribution >= 4 is 11.6 Å². The van der Waals surface area contributed by atoms with Crippen LogP contribution in [-0.4, -0.2) is 40.1 Å². The molecule has 1 unspecified atom stereocenters. The number of hydrogen-bond donors (Lipinski definition) is 1. The van der Waals surface area contributed by atoms with Crippen molar-refractivity contribution in [3.63, 3.8) is 0 Å². The molecule has 1 aliphatic carbocycles. The van der Waals surface area contributed by atoms with Crippen molar-refractivity contribution in [1.82, 2.24) is 15.0 Å². The van der Waals surface area contributed by atoms with Crippen LogP contribution >= 0.6 is 0 Å². The molecule has 1 N–H and O–H groups in total. The van der Waals surface area contributed by atoms with E-state index in [2.05, 4.69) is 20.4 Å². The van der Waals surface area contributed by atoms with Gasteiger partial charge in [-0.15, -0.1) is 0 Å². The maximum absolute atomic E-state index is 12.9. The van der Waals surface area contributed by atoms with Crippen LogP contribution in [0, 0.1) is 5.92 Å². The second-order valence-electron chi connectivity index (χ2n) is 8.99. The highest BCUT2D eigenvalue weighted by atomic mass is 16.5. The summed E-state index contributed by atoms with van der Waals surface area (Å²) in [5.41, 5.74) is 1.74. The average molecular weight is 447 g/mol. The highest BCUT2D eigenvalue weighted by Crippen LogP contribution is 2.26. The number of anilines is 1. The van der Waals surface area contributed by atoms with Gasteiger partial charge in [0.1, 0.15) is 5.75 Å². The lowest BCUT2D eigenvalue weighted by atomic mass is 9.97. The zero-order valence-corrected chi connectivity index (χ0v) is 18.8. The van der Waals surface area contributed by atoms with Crippen LogP contribution in [0.1, 0.15) is 44.4 Å². The van der Waals surface area contributed by atoms with Gasteiger partial charge >= 0.3 is 0 Å². The first kappa shape index (κ1) is 21.6. The van der Waals surface area contributed by atoms with Gasteiger partial charge in [-0.3, -0.25) is 9.69 Å². The summed E-state index contributed by atoms with van der Waals surface area (Å²) in [7, 11) is 0. The molecule has 2 heterocycles. The predicted octanol–water partition coefficient (Wildman–Crippen LogP) is 4.91. The number of benzene rings is 2. The molecule has 2 fully saturated rings. The van der Waals surface area contributed by atoms with Crippen molar-refractivity contribution in [2.45, 2.75) is 51.2 Å². The van der Waals surface area contributed by atoms with Crippen molar-refractivity contribution in [2.75, 3.05) is 18.4 Å². The van der Waals surface area contributed by atoms with Crippen LogP contribution in [0.5, 0.6) is 5.75 Å². The van der Waals surface area contributed by atoms with E-state index >= 15 is 0 Å². The predicted molar refractivity (Wildman–Crippen MR) is 126 cm³/mol. The Hall–Kier alpha value is -3.19. The van der Waals surface area contributed by atoms with E-state index < -0.39 is 0 Å². The molecule has 3 aromatic rings. The normalized spacial score (nSPS) is 19.5. The van der Waals surface area contributed by atoms with Crippen LogP contribution in [0.3, 0.4) is 0 Å². The number of nitrogens with zero attached hydrogens (tertiary/aromatic N) is 3. The zero-order valence-electron chi connectivity index (χ0n) is 18.8. The van der Waals surface area contributed by atoms with Gasteiger partial charge in [0.25, 0.3) is 0 Å². The summed E-state index contributed by atoms with van der Waals surface area (Å²) in [6.07, 6.45) is 6.94. The maximum atomic E-state index is 12.9. The molecule has 0 spiro atoms. The maximum Gasteiger partial charge on any atom is 0.241 e. The molecule has 1 saturated carbocycles. The number of hydrogen-bond acceptors (Lipinski definition) is 6. The number of aromatic nitrogens is 2. The molecule has 172 valence electrons. The van der Waals surface area contributed by atoms with Gasteiger partial charge in [0.05, 0.1) is 18.6 Å². The zero-order chi connectivity index (χ0) is 22.5. The fraction of sp³-hybridized carbons (Fsp3) is 0.423. The number of likely N-dealkylation sites (tertiary alicyclic amines) is 1. The smallest absolute Gasteiger partial charge is 0.241 e. The summed E-state index contributed by atoms with van der Waals surface area (Å²) in [6.45, 7) is 2.15. The Labute approximate surface area is 194 Å². The molecular weight excluding hydrogens is 416 g/mol. The molecule has 0 radical (unpaired) electrons. The third-order valence-electron chi connectivity index (χ3n) is 6.46. The minimum Gasteiger partial charge on any atom is -0.490 e. The number of ether oxygens (including phenoxy) is 1. The van der Waals surface area contributed by atoms with Gasteiger partial charge in [-0.2, -0.15) is 4.98 Å². The van der Waals surface area contributed by atoms with Crippen LogP contribution in [0.2, 0.25) is 0 Å². The Morgan fingerprint density at radius 3 is 2.61 bits per heavy atom. The monoisotopic (exact) mass is 446 g/mol. The quantitative estimate of drug-likeness (QED) is 0.556. The van der Waals surface area contributed by atoms with Gasteiger partial charge in [0.15, 0.2) is 0 Å². The minimum atomic E-state index is -0.0651. The van der Waals surface area contributed by atoms with Crippen molar-refractivity contribution in [3.8, 4) is 17.1 Å². The Bertz CT molecular complexity index is 1040. The molecular formula is C26H30N4O3. The Kier molecular flexibility index (Phi) is 6.67. The van der Waals surface area contributed by atoms with E-state index in [4.69, 9.17) is 9.26 Å². The number of amides is 1. The van der Waals surface area contributed by atoms with Crippen LogP contribution < -0.4 is 10.1 Å². The van der Waals surface area contributed by atoms with Crippen molar-refractivity contribution in [1.29, 1.82) is 0 Å². The molecule has 33 heavy (non-hydrogen) atoms. The molecule has 1 aliphatic heterocycles. The average Bonchev–Trinajstić information content (AvgIpc) is 3.53. The van der Waals surface area contributed by atoms with Gasteiger partial charge in [0.2, 0.25) is 17.6 Å². The lowest BCUT2D eigenvalue weighted by molar-refractivity contribution is -0.121. The van der Waals surface area contributed by atoms with E-state index in [1.54, 1.807) is 0 Å². The van der Waals surface area contributed by atoms with Crippen LogP contribution in [0.4, 0.5) is 5.69 Å². The summed E-state index contributed by atoms with van der Waals surface area (Å²) < 4.78 is 11.5. The number of nitrogens with one attached hydrogen (secondary N) is 1. The largest absolute Gasteiger partial charge is 0.490 e. The van der Waals surface area contributed by atoms with Crippen molar-refractivity contribution in [3.05, 3.63) is 60.5 Å². The fourth-order valence-corrected chi connectivity index (χ4v) is 4.69. The van der Waals surface area contributed by atoms with Crippen molar-refractivity contribution < 1.29 is 14.1 Å². The molecule has 7 nitrogen and oxygen atoms in total. The molecule has 2 aromatic carbocycles. The number of carbonyl (C=O) groups is 1. The number of rotatable bonds is 7. The van der Waals surface area contributed by atoms with E-state index in [1.807, 2.05) is 54.6 Å². The molecule has 7 heteroatoms. The van der Waals surface area contributed by atoms with Crippen LogP contribution in [-0.2, 0) is 11.3 Å². The standard InChI is InChI=1S/C26H30N4O3/c31-26(27-21-12-14-23(15-13-21)32-22-10-4-5-11-22)20-9-6-16-30(17-20)18-24-28-25(29-33-24)19-7-2-1-3-8-19/h1-3,7-8,12-15,20,22H,4-6,9-11,16-18H2,(H,27,31). The van der Waals surface area contributed by atoms with Crippen molar-refractivity contribution in [2.24, 2.45) is 5.92 Å². The molecule has 1 aromatic heterocycles. The summed E-state index contributed by atoms with van der Waals surface area (Å²) >= 11 is 0. The molecule has 2 aliphatic rings. The summed E-state index contributed by atoms with van der Waals surface area (Å²) in [5, 5.41) is 7.17. The lowest BCUT2D eigenvalue weighted by Crippen LogP contribution is -2.40. The van der Waals surface area contributed by atoms with Crippen LogP contribution in [0.15, 0.2) is 59.1 Å². The second kappa shape index (κ2) is 10.2. The van der Waals surface area contributed by atoms with Gasteiger partial charge in [-0.25, -0.2) is 0 Å². The second-order valence-corrected chi connectivity index (χ2v) is 8.99. The van der Waals surface area contributed by atoms with E-state index in [1.165, 1.54) is 12.8 Å². The third-order valence-corrected chi connectivity index (χ3v) is 6.46. The summed E-state index contributed by atoms with van der Waals surface area (Å²) in [5.74, 6) is 2.03. The highest BCUT2D eigenvalue weighted by Gasteiger charge is 2.27. The Morgan fingerprint density at radius 1 is 1.03 bits per heavy atom. The lowest BCUT2D eigenvalue weighted by Gasteiger charge is -2.30. The molecule has 5 rings (SSSR count). The Morgan fingerprint density at radius 2 is 1.82 bits per heavy atom. The first-order chi connectivity index (χ1) is 16.2. The number of carbonyl (C=O) groups excluding carboxylic acids is 1. The summed E-state index contributed by atoms with van der Waals surface area (Å²) in [4.78, 5) is 19.6. The number of piperidine rings is 1. The molecule has 1 atom stereocenters. The first-order valence-corrected chi connectivity index (χ1v) is 11.9. The topological polar surface area (TPSA) is 80.5 Å². The van der Waals surface area contributed by atoms with E-state index in [-0.39, 0.29) is 11.8 Å². The van der Waals surface area contributed by atoms with E-state index in [0.29, 0.717) is 30.9 Å². The Balaban J connectivity index is 1.13. The first-order valence-electron chi connectivity index (χ1n) is 11.9. The third kappa shape index (κ3) is 5.60. The van der Waals surface area contributed by atoms with Gasteiger partial charge in [0, 0.05) is 17.8 Å². The fourth-order valence-electron chi connectivity index (χ4n) is 4.69. The van der Waals surface area contributed by atoms with Crippen LogP contribution in [0.25, 0.3) is 11.4 Å². The highest BCUT2D eigenvalue weighted by molar-refractivity contribution is 5.92. The van der Waals surface area contributed by atoms with Gasteiger partial charge in [-0.05, 0) is 69.3 Å². The van der Waals surface area contributed by atoms with Gasteiger partial charge < -0.3 is 14.6 Å².